The summed E-state index contributed by atoms with van der Waals surface area (Å²) in [4.78, 5) is 12.6. The number of hydrogen-bond acceptors (Lipinski definition) is 4. The second-order valence-electron chi connectivity index (χ2n) is 5.31. The van der Waals surface area contributed by atoms with Crippen molar-refractivity contribution in [3.05, 3.63) is 41.7 Å². The number of aryl methyl sites for hydroxylation is 1. The molecule has 3 N–H and O–H groups in total. The highest BCUT2D eigenvalue weighted by Gasteiger charge is 2.43. The molecule has 0 spiro atoms. The number of amides is 1. The van der Waals surface area contributed by atoms with Gasteiger partial charge in [0, 0.05) is 13.2 Å². The number of carbonyl (C=O) groups is 1. The van der Waals surface area contributed by atoms with Gasteiger partial charge in [-0.3, -0.25) is 9.48 Å². The number of carbonyl (C=O) groups excluding carboxylic acids is 1. The number of nitrogens with two attached hydrogens (primary N) is 1. The first-order valence-electron chi connectivity index (χ1n) is 6.80. The zero-order valence-electron chi connectivity index (χ0n) is 12.1. The maximum atomic E-state index is 12.6. The molecule has 6 nitrogen and oxygen atoms in total. The highest BCUT2D eigenvalue weighted by atomic mass is 16.5. The fourth-order valence-electron chi connectivity index (χ4n) is 2.85. The zero-order chi connectivity index (χ0) is 15.0. The summed E-state index contributed by atoms with van der Waals surface area (Å²) >= 11 is 0. The lowest BCUT2D eigenvalue weighted by atomic mass is 9.92. The van der Waals surface area contributed by atoms with E-state index in [0.717, 1.165) is 23.3 Å². The predicted octanol–water partition coefficient (Wildman–Crippen LogP) is 1.17. The third-order valence-electron chi connectivity index (χ3n) is 3.97. The lowest BCUT2D eigenvalue weighted by molar-refractivity contribution is -0.121. The molecule has 1 aliphatic carbocycles. The van der Waals surface area contributed by atoms with Gasteiger partial charge in [-0.05, 0) is 30.0 Å². The van der Waals surface area contributed by atoms with Crippen LogP contribution >= 0.6 is 0 Å². The number of anilines is 1. The summed E-state index contributed by atoms with van der Waals surface area (Å²) in [5, 5.41) is 6.87. The molecule has 1 aromatic heterocycles. The third-order valence-corrected chi connectivity index (χ3v) is 3.97. The molecule has 110 valence electrons. The van der Waals surface area contributed by atoms with Gasteiger partial charge in [-0.15, -0.1) is 0 Å². The minimum absolute atomic E-state index is 0.220. The van der Waals surface area contributed by atoms with Crippen LogP contribution in [0.5, 0.6) is 5.75 Å². The predicted molar refractivity (Wildman–Crippen MR) is 79.0 cm³/mol. The molecule has 0 bridgehead atoms. The monoisotopic (exact) mass is 286 g/mol. The Morgan fingerprint density at radius 1 is 1.52 bits per heavy atom. The Balaban J connectivity index is 1.91. The van der Waals surface area contributed by atoms with Crippen molar-refractivity contribution in [1.29, 1.82) is 0 Å². The lowest BCUT2D eigenvalue weighted by Crippen LogP contribution is -2.46. The van der Waals surface area contributed by atoms with E-state index in [-0.39, 0.29) is 5.91 Å². The van der Waals surface area contributed by atoms with Crippen molar-refractivity contribution in [2.24, 2.45) is 12.8 Å². The van der Waals surface area contributed by atoms with E-state index in [2.05, 4.69) is 10.4 Å². The van der Waals surface area contributed by atoms with Crippen molar-refractivity contribution in [2.75, 3.05) is 12.4 Å². The molecule has 1 amide bonds. The van der Waals surface area contributed by atoms with Crippen LogP contribution in [0.2, 0.25) is 0 Å². The molecule has 6 heteroatoms. The molecule has 1 unspecified atom stereocenters. The van der Waals surface area contributed by atoms with Crippen molar-refractivity contribution in [1.82, 2.24) is 9.78 Å². The zero-order valence-corrected chi connectivity index (χ0v) is 12.1. The van der Waals surface area contributed by atoms with Crippen LogP contribution in [0.3, 0.4) is 0 Å². The van der Waals surface area contributed by atoms with Crippen LogP contribution in [0.15, 0.2) is 30.6 Å². The Bertz CT molecular complexity index is 695. The number of nitrogens with zero attached hydrogens (tertiary/aromatic N) is 2. The Hall–Kier alpha value is -2.34. The van der Waals surface area contributed by atoms with E-state index in [9.17, 15) is 4.79 Å². The molecule has 0 radical (unpaired) electrons. The maximum absolute atomic E-state index is 12.6. The molecule has 2 aromatic rings. The molecule has 21 heavy (non-hydrogen) atoms. The van der Waals surface area contributed by atoms with Gasteiger partial charge in [0.1, 0.15) is 11.3 Å². The van der Waals surface area contributed by atoms with Crippen molar-refractivity contribution in [3.8, 4) is 5.75 Å². The second-order valence-corrected chi connectivity index (χ2v) is 5.31. The van der Waals surface area contributed by atoms with Gasteiger partial charge >= 0.3 is 0 Å². The fourth-order valence-corrected chi connectivity index (χ4v) is 2.85. The van der Waals surface area contributed by atoms with E-state index in [1.807, 2.05) is 18.2 Å². The molecule has 0 fully saturated rings. The Morgan fingerprint density at radius 2 is 2.33 bits per heavy atom. The maximum Gasteiger partial charge on any atom is 0.249 e. The number of fused-ring (bicyclic) bond motifs is 1. The lowest BCUT2D eigenvalue weighted by Gasteiger charge is -2.24. The highest BCUT2D eigenvalue weighted by Crippen LogP contribution is 2.40. The van der Waals surface area contributed by atoms with E-state index in [4.69, 9.17) is 10.5 Å². The number of rotatable bonds is 3. The molecule has 1 atom stereocenters. The number of methoxy groups -OCH3 is 1. The smallest absolute Gasteiger partial charge is 0.249 e. The molecule has 3 rings (SSSR count). The van der Waals surface area contributed by atoms with Crippen molar-refractivity contribution < 1.29 is 9.53 Å². The quantitative estimate of drug-likeness (QED) is 0.887. The van der Waals surface area contributed by atoms with Gasteiger partial charge in [-0.25, -0.2) is 0 Å². The first-order valence-corrected chi connectivity index (χ1v) is 6.80. The van der Waals surface area contributed by atoms with Crippen molar-refractivity contribution in [3.63, 3.8) is 0 Å². The van der Waals surface area contributed by atoms with Crippen LogP contribution in [0.25, 0.3) is 0 Å². The summed E-state index contributed by atoms with van der Waals surface area (Å²) in [6, 6.07) is 5.65. The minimum Gasteiger partial charge on any atom is -0.496 e. The van der Waals surface area contributed by atoms with E-state index in [1.54, 1.807) is 31.2 Å². The summed E-state index contributed by atoms with van der Waals surface area (Å²) in [6.45, 7) is 0. The van der Waals surface area contributed by atoms with E-state index in [0.29, 0.717) is 12.1 Å². The molecule has 1 aliphatic rings. The van der Waals surface area contributed by atoms with Crippen molar-refractivity contribution in [2.45, 2.75) is 18.4 Å². The molecule has 0 saturated heterocycles. The van der Waals surface area contributed by atoms with Crippen LogP contribution in [-0.2, 0) is 23.8 Å². The first-order chi connectivity index (χ1) is 10.0. The van der Waals surface area contributed by atoms with E-state index < -0.39 is 5.54 Å². The van der Waals surface area contributed by atoms with E-state index >= 15 is 0 Å². The fraction of sp³-hybridized carbons (Fsp3) is 0.333. The van der Waals surface area contributed by atoms with Gasteiger partial charge in [0.15, 0.2) is 0 Å². The topological polar surface area (TPSA) is 82.2 Å². The van der Waals surface area contributed by atoms with Gasteiger partial charge in [0.05, 0.1) is 19.0 Å². The SMILES string of the molecule is COc1cccc2c1CCC2(N)C(=O)Nc1cnn(C)c1. The average Bonchev–Trinajstić information content (AvgIpc) is 3.04. The van der Waals surface area contributed by atoms with Crippen LogP contribution < -0.4 is 15.8 Å². The highest BCUT2D eigenvalue weighted by molar-refractivity contribution is 5.99. The number of hydrogen-bond donors (Lipinski definition) is 2. The molecule has 1 heterocycles. The number of benzene rings is 1. The summed E-state index contributed by atoms with van der Waals surface area (Å²) in [5.41, 5.74) is 7.87. The van der Waals surface area contributed by atoms with Crippen LogP contribution in [-0.4, -0.2) is 22.8 Å². The summed E-state index contributed by atoms with van der Waals surface area (Å²) in [5.74, 6) is 0.566. The van der Waals surface area contributed by atoms with Crippen molar-refractivity contribution >= 4 is 11.6 Å². The molecular formula is C15H18N4O2. The van der Waals surface area contributed by atoms with E-state index in [1.165, 1.54) is 0 Å². The first kappa shape index (κ1) is 13.6. The molecular weight excluding hydrogens is 268 g/mol. The number of nitrogens with one attached hydrogen (secondary N) is 1. The standard InChI is InChI=1S/C15H18N4O2/c1-19-9-10(8-17-19)18-14(20)15(16)7-6-11-12(15)4-3-5-13(11)21-2/h3-5,8-9H,6-7,16H2,1-2H3,(H,18,20). The molecule has 0 aliphatic heterocycles. The van der Waals surface area contributed by atoms with Gasteiger partial charge in [-0.2, -0.15) is 5.10 Å². The van der Waals surface area contributed by atoms with Gasteiger partial charge < -0.3 is 15.8 Å². The Morgan fingerprint density at radius 3 is 3.00 bits per heavy atom. The average molecular weight is 286 g/mol. The Labute approximate surface area is 122 Å². The third kappa shape index (κ3) is 2.17. The van der Waals surface area contributed by atoms with Crippen LogP contribution in [0.4, 0.5) is 5.69 Å². The van der Waals surface area contributed by atoms with Gasteiger partial charge in [0.25, 0.3) is 0 Å². The molecule has 0 saturated carbocycles. The largest absolute Gasteiger partial charge is 0.496 e. The summed E-state index contributed by atoms with van der Waals surface area (Å²) in [6.07, 6.45) is 4.64. The summed E-state index contributed by atoms with van der Waals surface area (Å²) < 4.78 is 6.98. The second kappa shape index (κ2) is 4.89. The van der Waals surface area contributed by atoms with Gasteiger partial charge in [-0.1, -0.05) is 12.1 Å². The van der Waals surface area contributed by atoms with Gasteiger partial charge in [0.2, 0.25) is 5.91 Å². The molecule has 1 aromatic carbocycles. The Kier molecular flexibility index (Phi) is 3.17. The minimum atomic E-state index is -1.03. The summed E-state index contributed by atoms with van der Waals surface area (Å²) in [7, 11) is 3.42. The normalized spacial score (nSPS) is 20.1. The van der Waals surface area contributed by atoms with Crippen LogP contribution in [0, 0.1) is 0 Å². The number of aromatic nitrogens is 2. The van der Waals surface area contributed by atoms with Crippen LogP contribution in [0.1, 0.15) is 17.5 Å². The number of ether oxygens (including phenoxy) is 1.